The van der Waals surface area contributed by atoms with Gasteiger partial charge in [-0.25, -0.2) is 14.8 Å². The van der Waals surface area contributed by atoms with Gasteiger partial charge >= 0.3 is 6.09 Å². The van der Waals surface area contributed by atoms with Crippen molar-refractivity contribution in [1.29, 1.82) is 0 Å². The number of carbonyl (C=O) groups excluding carboxylic acids is 1. The molecule has 1 aromatic carbocycles. The number of aromatic nitrogens is 2. The third-order valence-electron chi connectivity index (χ3n) is 2.21. The summed E-state index contributed by atoms with van der Waals surface area (Å²) in [5.74, 6) is 0. The van der Waals surface area contributed by atoms with E-state index < -0.39 is 6.09 Å². The van der Waals surface area contributed by atoms with E-state index in [1.165, 1.54) is 13.4 Å². The van der Waals surface area contributed by atoms with Crippen molar-refractivity contribution >= 4 is 11.8 Å². The Balaban J connectivity index is 2.16. The largest absolute Gasteiger partial charge is 0.453 e. The zero-order chi connectivity index (χ0) is 12.1. The quantitative estimate of drug-likeness (QED) is 0.858. The van der Waals surface area contributed by atoms with Gasteiger partial charge in [0.2, 0.25) is 0 Å². The predicted octanol–water partition coefficient (Wildman–Crippen LogP) is 2.32. The van der Waals surface area contributed by atoms with Crippen LogP contribution in [0.2, 0.25) is 0 Å². The maximum Gasteiger partial charge on any atom is 0.411 e. The normalized spacial score (nSPS) is 9.71. The summed E-state index contributed by atoms with van der Waals surface area (Å²) in [6.45, 7) is 0. The minimum absolute atomic E-state index is 0.485. The number of nitrogens with one attached hydrogen (secondary N) is 1. The average molecular weight is 229 g/mol. The highest BCUT2D eigenvalue weighted by Crippen LogP contribution is 2.19. The lowest BCUT2D eigenvalue weighted by atomic mass is 10.1. The van der Waals surface area contributed by atoms with Gasteiger partial charge in [-0.1, -0.05) is 12.1 Å². The first kappa shape index (κ1) is 11.1. The highest BCUT2D eigenvalue weighted by Gasteiger charge is 2.01. The maximum atomic E-state index is 11.0. The molecule has 0 fully saturated rings. The Morgan fingerprint density at radius 3 is 2.35 bits per heavy atom. The van der Waals surface area contributed by atoms with Crippen molar-refractivity contribution in [2.75, 3.05) is 12.4 Å². The van der Waals surface area contributed by atoms with Gasteiger partial charge in [0.25, 0.3) is 0 Å². The van der Waals surface area contributed by atoms with Crippen molar-refractivity contribution < 1.29 is 9.53 Å². The summed E-state index contributed by atoms with van der Waals surface area (Å²) in [4.78, 5) is 18.9. The van der Waals surface area contributed by atoms with E-state index in [0.717, 1.165) is 11.1 Å². The summed E-state index contributed by atoms with van der Waals surface area (Å²) in [6.07, 6.45) is 4.46. The summed E-state index contributed by atoms with van der Waals surface area (Å²) >= 11 is 0. The van der Waals surface area contributed by atoms with Gasteiger partial charge in [0.1, 0.15) is 6.33 Å². The number of nitrogens with zero attached hydrogens (tertiary/aromatic N) is 2. The fraction of sp³-hybridized carbons (Fsp3) is 0.0833. The number of carbonyl (C=O) groups is 1. The molecule has 0 atom stereocenters. The van der Waals surface area contributed by atoms with Gasteiger partial charge in [0.05, 0.1) is 7.11 Å². The molecule has 1 N–H and O–H groups in total. The summed E-state index contributed by atoms with van der Waals surface area (Å²) in [5, 5.41) is 2.58. The number of amides is 1. The van der Waals surface area contributed by atoms with E-state index in [2.05, 4.69) is 20.0 Å². The molecule has 0 saturated heterocycles. The molecule has 17 heavy (non-hydrogen) atoms. The topological polar surface area (TPSA) is 64.1 Å². The highest BCUT2D eigenvalue weighted by atomic mass is 16.5. The van der Waals surface area contributed by atoms with Crippen LogP contribution in [0.1, 0.15) is 0 Å². The lowest BCUT2D eigenvalue weighted by molar-refractivity contribution is 0.187. The minimum Gasteiger partial charge on any atom is -0.453 e. The monoisotopic (exact) mass is 229 g/mol. The Morgan fingerprint density at radius 2 is 1.76 bits per heavy atom. The van der Waals surface area contributed by atoms with Crippen molar-refractivity contribution in [3.63, 3.8) is 0 Å². The molecule has 5 heteroatoms. The lowest BCUT2D eigenvalue weighted by Gasteiger charge is -2.04. The second kappa shape index (κ2) is 5.07. The molecule has 0 saturated carbocycles. The van der Waals surface area contributed by atoms with Gasteiger partial charge in [-0.15, -0.1) is 0 Å². The van der Waals surface area contributed by atoms with Crippen LogP contribution in [0.5, 0.6) is 0 Å². The lowest BCUT2D eigenvalue weighted by Crippen LogP contribution is -2.10. The van der Waals surface area contributed by atoms with Crippen LogP contribution in [-0.4, -0.2) is 23.2 Å². The number of anilines is 1. The molecule has 1 amide bonds. The van der Waals surface area contributed by atoms with Gasteiger partial charge in [-0.3, -0.25) is 5.32 Å². The molecule has 0 aliphatic carbocycles. The Labute approximate surface area is 98.5 Å². The number of rotatable bonds is 2. The molecule has 0 spiro atoms. The zero-order valence-electron chi connectivity index (χ0n) is 9.25. The summed E-state index contributed by atoms with van der Waals surface area (Å²) in [5.41, 5.74) is 2.59. The molecular formula is C12H11N3O2. The predicted molar refractivity (Wildman–Crippen MR) is 63.5 cm³/mol. The third kappa shape index (κ3) is 2.78. The molecule has 0 aliphatic rings. The van der Waals surface area contributed by atoms with E-state index in [-0.39, 0.29) is 0 Å². The third-order valence-corrected chi connectivity index (χ3v) is 2.21. The van der Waals surface area contributed by atoms with Crippen LogP contribution >= 0.6 is 0 Å². The van der Waals surface area contributed by atoms with Crippen LogP contribution in [0.3, 0.4) is 0 Å². The number of hydrogen-bond donors (Lipinski definition) is 1. The SMILES string of the molecule is COC(=O)Nc1ccc(-c2cncnc2)cc1. The number of ether oxygens (including phenoxy) is 1. The van der Waals surface area contributed by atoms with Crippen molar-refractivity contribution in [1.82, 2.24) is 9.97 Å². The van der Waals surface area contributed by atoms with Crippen LogP contribution in [-0.2, 0) is 4.74 Å². The van der Waals surface area contributed by atoms with Gasteiger partial charge in [-0.2, -0.15) is 0 Å². The molecular weight excluding hydrogens is 218 g/mol. The van der Waals surface area contributed by atoms with Gasteiger partial charge in [0.15, 0.2) is 0 Å². The van der Waals surface area contributed by atoms with E-state index in [4.69, 9.17) is 0 Å². The zero-order valence-corrected chi connectivity index (χ0v) is 9.25. The fourth-order valence-electron chi connectivity index (χ4n) is 1.36. The standard InChI is InChI=1S/C12H11N3O2/c1-17-12(16)15-11-4-2-9(3-5-11)10-6-13-8-14-7-10/h2-8H,1H3,(H,15,16). The van der Waals surface area contributed by atoms with Crippen LogP contribution in [0.25, 0.3) is 11.1 Å². The Morgan fingerprint density at radius 1 is 1.12 bits per heavy atom. The minimum atomic E-state index is -0.485. The van der Waals surface area contributed by atoms with Crippen LogP contribution < -0.4 is 5.32 Å². The van der Waals surface area contributed by atoms with Crippen LogP contribution in [0, 0.1) is 0 Å². The Hall–Kier alpha value is -2.43. The molecule has 0 radical (unpaired) electrons. The van der Waals surface area contributed by atoms with E-state index in [0.29, 0.717) is 5.69 Å². The number of benzene rings is 1. The first-order chi connectivity index (χ1) is 8.29. The first-order valence-electron chi connectivity index (χ1n) is 5.00. The molecule has 0 bridgehead atoms. The molecule has 5 nitrogen and oxygen atoms in total. The molecule has 2 rings (SSSR count). The second-order valence-electron chi connectivity index (χ2n) is 3.32. The van der Waals surface area contributed by atoms with Crippen molar-refractivity contribution in [2.45, 2.75) is 0 Å². The molecule has 2 aromatic rings. The van der Waals surface area contributed by atoms with Crippen LogP contribution in [0.4, 0.5) is 10.5 Å². The molecule has 1 heterocycles. The van der Waals surface area contributed by atoms with E-state index in [9.17, 15) is 4.79 Å². The Bertz CT molecular complexity index is 497. The van der Waals surface area contributed by atoms with Crippen LogP contribution in [0.15, 0.2) is 43.0 Å². The molecule has 1 aromatic heterocycles. The number of hydrogen-bond acceptors (Lipinski definition) is 4. The second-order valence-corrected chi connectivity index (χ2v) is 3.32. The van der Waals surface area contributed by atoms with Crippen molar-refractivity contribution in [2.24, 2.45) is 0 Å². The van der Waals surface area contributed by atoms with E-state index in [1.807, 2.05) is 12.1 Å². The summed E-state index contributed by atoms with van der Waals surface area (Å²) in [7, 11) is 1.32. The number of methoxy groups -OCH3 is 1. The molecule has 86 valence electrons. The van der Waals surface area contributed by atoms with Gasteiger partial charge in [-0.05, 0) is 17.7 Å². The average Bonchev–Trinajstić information content (AvgIpc) is 2.40. The highest BCUT2D eigenvalue weighted by molar-refractivity contribution is 5.84. The van der Waals surface area contributed by atoms with Crippen molar-refractivity contribution in [3.05, 3.63) is 43.0 Å². The maximum absolute atomic E-state index is 11.0. The summed E-state index contributed by atoms with van der Waals surface area (Å²) < 4.78 is 4.50. The first-order valence-corrected chi connectivity index (χ1v) is 5.00. The van der Waals surface area contributed by atoms with Gasteiger partial charge in [0, 0.05) is 23.6 Å². The molecule has 0 unspecified atom stereocenters. The smallest absolute Gasteiger partial charge is 0.411 e. The fourth-order valence-corrected chi connectivity index (χ4v) is 1.36. The van der Waals surface area contributed by atoms with Gasteiger partial charge < -0.3 is 4.74 Å². The van der Waals surface area contributed by atoms with E-state index >= 15 is 0 Å². The van der Waals surface area contributed by atoms with E-state index in [1.54, 1.807) is 24.5 Å². The molecule has 0 aliphatic heterocycles. The van der Waals surface area contributed by atoms with Crippen molar-refractivity contribution in [3.8, 4) is 11.1 Å². The summed E-state index contributed by atoms with van der Waals surface area (Å²) in [6, 6.07) is 7.34. The Kier molecular flexibility index (Phi) is 3.30.